The van der Waals surface area contributed by atoms with Gasteiger partial charge in [0, 0.05) is 19.4 Å². The van der Waals surface area contributed by atoms with Crippen molar-refractivity contribution in [3.63, 3.8) is 0 Å². The van der Waals surface area contributed by atoms with E-state index < -0.39 is 0 Å². The maximum atomic E-state index is 12.9. The number of hydrogen-bond acceptors (Lipinski definition) is 2. The van der Waals surface area contributed by atoms with Crippen molar-refractivity contribution in [2.45, 2.75) is 44.8 Å². The smallest absolute Gasteiger partial charge is 0.223 e. The summed E-state index contributed by atoms with van der Waals surface area (Å²) >= 11 is 0. The highest BCUT2D eigenvalue weighted by Crippen LogP contribution is 2.25. The number of amides is 1. The quantitative estimate of drug-likeness (QED) is 0.829. The van der Waals surface area contributed by atoms with Crippen molar-refractivity contribution in [3.8, 4) is 0 Å². The maximum absolute atomic E-state index is 12.9. The van der Waals surface area contributed by atoms with E-state index in [4.69, 9.17) is 4.74 Å². The van der Waals surface area contributed by atoms with E-state index in [-0.39, 0.29) is 17.6 Å². The molecule has 2 aromatic carbocycles. The summed E-state index contributed by atoms with van der Waals surface area (Å²) in [7, 11) is 0. The number of aryl methyl sites for hydroxylation is 1. The van der Waals surface area contributed by atoms with E-state index in [9.17, 15) is 4.79 Å². The number of morpholine rings is 1. The molecule has 3 nitrogen and oxygen atoms in total. The Balaban J connectivity index is 1.61. The zero-order chi connectivity index (χ0) is 17.7. The van der Waals surface area contributed by atoms with Crippen molar-refractivity contribution >= 4 is 5.91 Å². The highest BCUT2D eigenvalue weighted by Gasteiger charge is 2.37. The van der Waals surface area contributed by atoms with Crippen LogP contribution in [0.5, 0.6) is 0 Å². The Morgan fingerprint density at radius 1 is 1.04 bits per heavy atom. The van der Waals surface area contributed by atoms with Crippen LogP contribution in [0.25, 0.3) is 0 Å². The van der Waals surface area contributed by atoms with Crippen molar-refractivity contribution in [2.75, 3.05) is 13.2 Å². The SMILES string of the molecule is CC1(C)COC(Cc2ccccc2)CN1C(=O)CCc1ccccc1. The minimum Gasteiger partial charge on any atom is -0.374 e. The van der Waals surface area contributed by atoms with Gasteiger partial charge in [0.25, 0.3) is 0 Å². The third kappa shape index (κ3) is 4.70. The van der Waals surface area contributed by atoms with Gasteiger partial charge in [0.2, 0.25) is 5.91 Å². The molecule has 1 fully saturated rings. The number of nitrogens with zero attached hydrogens (tertiary/aromatic N) is 1. The average molecular weight is 337 g/mol. The summed E-state index contributed by atoms with van der Waals surface area (Å²) in [6, 6.07) is 20.6. The minimum atomic E-state index is -0.249. The van der Waals surface area contributed by atoms with E-state index in [2.05, 4.69) is 38.1 Å². The summed E-state index contributed by atoms with van der Waals surface area (Å²) in [6.45, 7) is 5.43. The Morgan fingerprint density at radius 2 is 1.64 bits per heavy atom. The van der Waals surface area contributed by atoms with Crippen LogP contribution in [0.4, 0.5) is 0 Å². The first-order valence-corrected chi connectivity index (χ1v) is 9.04. The molecule has 0 aliphatic carbocycles. The third-order valence-corrected chi connectivity index (χ3v) is 4.87. The molecule has 132 valence electrons. The molecule has 1 aliphatic heterocycles. The topological polar surface area (TPSA) is 29.5 Å². The van der Waals surface area contributed by atoms with Gasteiger partial charge < -0.3 is 9.64 Å². The zero-order valence-corrected chi connectivity index (χ0v) is 15.2. The van der Waals surface area contributed by atoms with Gasteiger partial charge in [-0.05, 0) is 31.4 Å². The van der Waals surface area contributed by atoms with Crippen LogP contribution in [0, 0.1) is 0 Å². The number of rotatable bonds is 5. The highest BCUT2D eigenvalue weighted by molar-refractivity contribution is 5.77. The highest BCUT2D eigenvalue weighted by atomic mass is 16.5. The largest absolute Gasteiger partial charge is 0.374 e. The first-order chi connectivity index (χ1) is 12.0. The van der Waals surface area contributed by atoms with E-state index >= 15 is 0 Å². The number of carbonyl (C=O) groups is 1. The van der Waals surface area contributed by atoms with Crippen LogP contribution in [0.15, 0.2) is 60.7 Å². The average Bonchev–Trinajstić information content (AvgIpc) is 2.63. The van der Waals surface area contributed by atoms with Crippen LogP contribution in [0.3, 0.4) is 0 Å². The first-order valence-electron chi connectivity index (χ1n) is 9.04. The van der Waals surface area contributed by atoms with Gasteiger partial charge in [0.1, 0.15) is 0 Å². The summed E-state index contributed by atoms with van der Waals surface area (Å²) in [4.78, 5) is 14.9. The van der Waals surface area contributed by atoms with Gasteiger partial charge in [-0.2, -0.15) is 0 Å². The van der Waals surface area contributed by atoms with E-state index in [1.807, 2.05) is 41.3 Å². The summed E-state index contributed by atoms with van der Waals surface area (Å²) in [6.07, 6.45) is 2.25. The van der Waals surface area contributed by atoms with Gasteiger partial charge >= 0.3 is 0 Å². The normalized spacial score (nSPS) is 19.6. The molecule has 1 aliphatic rings. The Bertz CT molecular complexity index is 682. The van der Waals surface area contributed by atoms with Crippen LogP contribution in [0.1, 0.15) is 31.4 Å². The molecule has 1 heterocycles. The number of carbonyl (C=O) groups excluding carboxylic acids is 1. The Hall–Kier alpha value is -2.13. The molecular weight excluding hydrogens is 310 g/mol. The van der Waals surface area contributed by atoms with Crippen LogP contribution in [0.2, 0.25) is 0 Å². The lowest BCUT2D eigenvalue weighted by Gasteiger charge is -2.45. The van der Waals surface area contributed by atoms with Crippen LogP contribution < -0.4 is 0 Å². The monoisotopic (exact) mass is 337 g/mol. The van der Waals surface area contributed by atoms with E-state index in [0.717, 1.165) is 12.8 Å². The first kappa shape index (κ1) is 17.7. The van der Waals surface area contributed by atoms with Gasteiger partial charge in [-0.25, -0.2) is 0 Å². The number of benzene rings is 2. The van der Waals surface area contributed by atoms with Crippen molar-refractivity contribution in [3.05, 3.63) is 71.8 Å². The maximum Gasteiger partial charge on any atom is 0.223 e. The van der Waals surface area contributed by atoms with Crippen molar-refractivity contribution in [1.29, 1.82) is 0 Å². The molecule has 3 heteroatoms. The number of ether oxygens (including phenoxy) is 1. The standard InChI is InChI=1S/C22H27NO2/c1-22(2)17-25-20(15-19-11-7-4-8-12-19)16-23(22)21(24)14-13-18-9-5-3-6-10-18/h3-12,20H,13-17H2,1-2H3. The third-order valence-electron chi connectivity index (χ3n) is 4.87. The predicted molar refractivity (Wildman–Crippen MR) is 100 cm³/mol. The van der Waals surface area contributed by atoms with Gasteiger partial charge in [-0.1, -0.05) is 60.7 Å². The van der Waals surface area contributed by atoms with Gasteiger partial charge in [-0.3, -0.25) is 4.79 Å². The molecule has 0 aromatic heterocycles. The van der Waals surface area contributed by atoms with Gasteiger partial charge in [-0.15, -0.1) is 0 Å². The molecule has 1 saturated heterocycles. The molecule has 0 saturated carbocycles. The second-order valence-electron chi connectivity index (χ2n) is 7.43. The molecular formula is C22H27NO2. The van der Waals surface area contributed by atoms with Gasteiger partial charge in [0.05, 0.1) is 18.2 Å². The molecule has 0 bridgehead atoms. The second-order valence-corrected chi connectivity index (χ2v) is 7.43. The molecule has 3 rings (SSSR count). The number of hydrogen-bond donors (Lipinski definition) is 0. The molecule has 1 unspecified atom stereocenters. The lowest BCUT2D eigenvalue weighted by Crippen LogP contribution is -2.58. The second kappa shape index (κ2) is 7.83. The van der Waals surface area contributed by atoms with Crippen LogP contribution >= 0.6 is 0 Å². The predicted octanol–water partition coefficient (Wildman–Crippen LogP) is 3.87. The summed E-state index contributed by atoms with van der Waals surface area (Å²) < 4.78 is 6.05. The molecule has 2 aromatic rings. The lowest BCUT2D eigenvalue weighted by atomic mass is 9.97. The summed E-state index contributed by atoms with van der Waals surface area (Å²) in [5.41, 5.74) is 2.22. The van der Waals surface area contributed by atoms with Crippen LogP contribution in [-0.4, -0.2) is 35.6 Å². The van der Waals surface area contributed by atoms with Gasteiger partial charge in [0.15, 0.2) is 0 Å². The molecule has 0 spiro atoms. The summed E-state index contributed by atoms with van der Waals surface area (Å²) in [5.74, 6) is 0.218. The Labute approximate surface area is 150 Å². The molecule has 0 N–H and O–H groups in total. The Morgan fingerprint density at radius 3 is 2.28 bits per heavy atom. The van der Waals surface area contributed by atoms with Crippen molar-refractivity contribution < 1.29 is 9.53 Å². The molecule has 1 amide bonds. The van der Waals surface area contributed by atoms with E-state index in [1.54, 1.807) is 0 Å². The summed E-state index contributed by atoms with van der Waals surface area (Å²) in [5, 5.41) is 0. The van der Waals surface area contributed by atoms with Crippen molar-refractivity contribution in [1.82, 2.24) is 4.90 Å². The Kier molecular flexibility index (Phi) is 5.54. The molecule has 1 atom stereocenters. The molecule has 0 radical (unpaired) electrons. The zero-order valence-electron chi connectivity index (χ0n) is 15.2. The van der Waals surface area contributed by atoms with E-state index in [0.29, 0.717) is 19.6 Å². The van der Waals surface area contributed by atoms with E-state index in [1.165, 1.54) is 11.1 Å². The van der Waals surface area contributed by atoms with Crippen LogP contribution in [-0.2, 0) is 22.4 Å². The fourth-order valence-electron chi connectivity index (χ4n) is 3.37. The minimum absolute atomic E-state index is 0.0658. The fraction of sp³-hybridized carbons (Fsp3) is 0.409. The lowest BCUT2D eigenvalue weighted by molar-refractivity contribution is -0.154. The molecule has 25 heavy (non-hydrogen) atoms. The van der Waals surface area contributed by atoms with Crippen molar-refractivity contribution in [2.24, 2.45) is 0 Å². The fourth-order valence-corrected chi connectivity index (χ4v) is 3.37.